The molecule has 0 N–H and O–H groups in total. The second-order valence-electron chi connectivity index (χ2n) is 6.21. The number of carbonyl (C=O) groups excluding carboxylic acids is 1. The first kappa shape index (κ1) is 15.6. The van der Waals surface area contributed by atoms with Gasteiger partial charge in [-0.25, -0.2) is 9.78 Å². The van der Waals surface area contributed by atoms with Gasteiger partial charge in [0.25, 0.3) is 0 Å². The van der Waals surface area contributed by atoms with E-state index in [1.165, 1.54) is 0 Å². The van der Waals surface area contributed by atoms with Gasteiger partial charge in [-0.05, 0) is 45.7 Å². The number of amides is 1. The van der Waals surface area contributed by atoms with Crippen LogP contribution in [0.2, 0.25) is 0 Å². The molecule has 0 atom stereocenters. The molecule has 1 aromatic heterocycles. The minimum absolute atomic E-state index is 0.365. The molecule has 0 saturated heterocycles. The summed E-state index contributed by atoms with van der Waals surface area (Å²) in [5.41, 5.74) is 0.445. The first-order chi connectivity index (χ1) is 9.90. The van der Waals surface area contributed by atoms with E-state index in [0.29, 0.717) is 24.7 Å². The lowest BCUT2D eigenvalue weighted by atomic mass is 10.2. The molecular weight excluding hydrogens is 268 g/mol. The largest absolute Gasteiger partial charge is 0.490 e. The van der Waals surface area contributed by atoms with E-state index >= 15 is 0 Å². The molecule has 1 amide bonds. The van der Waals surface area contributed by atoms with Crippen molar-refractivity contribution < 1.29 is 14.3 Å². The van der Waals surface area contributed by atoms with Crippen LogP contribution in [0.5, 0.6) is 5.75 Å². The average Bonchev–Trinajstić information content (AvgIpc) is 2.59. The van der Waals surface area contributed by atoms with Crippen LogP contribution in [0, 0.1) is 0 Å². The molecule has 1 aliphatic heterocycles. The highest BCUT2D eigenvalue weighted by atomic mass is 16.6. The zero-order valence-electron chi connectivity index (χ0n) is 13.3. The summed E-state index contributed by atoms with van der Waals surface area (Å²) < 4.78 is 11.2. The lowest BCUT2D eigenvalue weighted by Crippen LogP contribution is -2.37. The summed E-state index contributed by atoms with van der Waals surface area (Å²) in [5, 5.41) is 0. The van der Waals surface area contributed by atoms with Gasteiger partial charge in [-0.2, -0.15) is 0 Å². The van der Waals surface area contributed by atoms with Crippen molar-refractivity contribution in [2.75, 3.05) is 18.1 Å². The van der Waals surface area contributed by atoms with Gasteiger partial charge >= 0.3 is 6.09 Å². The Hall–Kier alpha value is -1.78. The maximum atomic E-state index is 12.4. The van der Waals surface area contributed by atoms with Gasteiger partial charge in [0.2, 0.25) is 0 Å². The molecule has 21 heavy (non-hydrogen) atoms. The minimum atomic E-state index is -0.522. The van der Waals surface area contributed by atoms with Crippen molar-refractivity contribution in [3.05, 3.63) is 17.8 Å². The molecular formula is C16H24N2O3. The van der Waals surface area contributed by atoms with Crippen molar-refractivity contribution in [2.24, 2.45) is 0 Å². The van der Waals surface area contributed by atoms with Gasteiger partial charge in [0.1, 0.15) is 5.60 Å². The number of carbonyl (C=O) groups is 1. The Bertz CT molecular complexity index is 509. The molecule has 2 rings (SSSR count). The predicted molar refractivity (Wildman–Crippen MR) is 81.9 cm³/mol. The van der Waals surface area contributed by atoms with Gasteiger partial charge in [-0.3, -0.25) is 4.90 Å². The molecule has 0 fully saturated rings. The number of nitrogens with zero attached hydrogens (tertiary/aromatic N) is 2. The van der Waals surface area contributed by atoms with Crippen LogP contribution in [0.1, 0.15) is 46.2 Å². The summed E-state index contributed by atoms with van der Waals surface area (Å²) in [4.78, 5) is 18.6. The summed E-state index contributed by atoms with van der Waals surface area (Å²) >= 11 is 0. The normalized spacial score (nSPS) is 15.0. The van der Waals surface area contributed by atoms with Crippen molar-refractivity contribution in [3.63, 3.8) is 0 Å². The molecule has 0 radical (unpaired) electrons. The molecule has 0 unspecified atom stereocenters. The van der Waals surface area contributed by atoms with E-state index in [-0.39, 0.29) is 6.09 Å². The third-order valence-corrected chi connectivity index (χ3v) is 3.06. The molecule has 1 aliphatic rings. The summed E-state index contributed by atoms with van der Waals surface area (Å²) in [5.74, 6) is 1.23. The topological polar surface area (TPSA) is 51.7 Å². The number of hydrogen-bond donors (Lipinski definition) is 0. The number of fused-ring (bicyclic) bond motifs is 1. The first-order valence-electron chi connectivity index (χ1n) is 7.54. The van der Waals surface area contributed by atoms with Crippen LogP contribution in [-0.2, 0) is 11.2 Å². The van der Waals surface area contributed by atoms with Crippen LogP contribution in [0.25, 0.3) is 0 Å². The van der Waals surface area contributed by atoms with Crippen LogP contribution in [-0.4, -0.2) is 29.8 Å². The standard InChI is InChI=1S/C16H24N2O3/c1-5-7-12-8-9-13-14(17-12)18(10-6-11-20-13)15(19)21-16(2,3)4/h8-9H,5-7,10-11H2,1-4H3. The smallest absolute Gasteiger partial charge is 0.416 e. The van der Waals surface area contributed by atoms with E-state index in [4.69, 9.17) is 9.47 Å². The molecule has 116 valence electrons. The van der Waals surface area contributed by atoms with Gasteiger partial charge in [0, 0.05) is 12.2 Å². The van der Waals surface area contributed by atoms with Crippen molar-refractivity contribution in [1.82, 2.24) is 4.98 Å². The number of ether oxygens (including phenoxy) is 2. The van der Waals surface area contributed by atoms with E-state index in [0.717, 1.165) is 25.0 Å². The third-order valence-electron chi connectivity index (χ3n) is 3.06. The van der Waals surface area contributed by atoms with E-state index in [9.17, 15) is 4.79 Å². The Morgan fingerprint density at radius 2 is 2.19 bits per heavy atom. The fraction of sp³-hybridized carbons (Fsp3) is 0.625. The molecule has 2 heterocycles. The van der Waals surface area contributed by atoms with E-state index in [1.54, 1.807) is 4.90 Å². The molecule has 0 aliphatic carbocycles. The summed E-state index contributed by atoms with van der Waals surface area (Å²) in [7, 11) is 0. The van der Waals surface area contributed by atoms with Crippen molar-refractivity contribution >= 4 is 11.9 Å². The fourth-order valence-electron chi connectivity index (χ4n) is 2.18. The Morgan fingerprint density at radius 1 is 1.43 bits per heavy atom. The van der Waals surface area contributed by atoms with Crippen LogP contribution < -0.4 is 9.64 Å². The number of pyridine rings is 1. The number of aryl methyl sites for hydroxylation is 1. The van der Waals surface area contributed by atoms with Crippen molar-refractivity contribution in [1.29, 1.82) is 0 Å². The third kappa shape index (κ3) is 4.09. The summed E-state index contributed by atoms with van der Waals surface area (Å²) in [6.07, 6.45) is 2.29. The van der Waals surface area contributed by atoms with Crippen LogP contribution in [0.3, 0.4) is 0 Å². The molecule has 1 aromatic rings. The highest BCUT2D eigenvalue weighted by Gasteiger charge is 2.28. The molecule has 5 heteroatoms. The lowest BCUT2D eigenvalue weighted by molar-refractivity contribution is 0.0579. The second kappa shape index (κ2) is 6.33. The number of aromatic nitrogens is 1. The highest BCUT2D eigenvalue weighted by molar-refractivity contribution is 5.88. The summed E-state index contributed by atoms with van der Waals surface area (Å²) in [6.45, 7) is 8.84. The zero-order chi connectivity index (χ0) is 15.5. The SMILES string of the molecule is CCCc1ccc2c(n1)N(C(=O)OC(C)(C)C)CCCO2. The molecule has 5 nitrogen and oxygen atoms in total. The van der Waals surface area contributed by atoms with Gasteiger partial charge in [0.05, 0.1) is 6.61 Å². The van der Waals surface area contributed by atoms with Crippen molar-refractivity contribution in [2.45, 2.75) is 52.6 Å². The fourth-order valence-corrected chi connectivity index (χ4v) is 2.18. The Balaban J connectivity index is 2.31. The number of hydrogen-bond acceptors (Lipinski definition) is 4. The molecule has 0 aromatic carbocycles. The van der Waals surface area contributed by atoms with Crippen LogP contribution in [0.15, 0.2) is 12.1 Å². The molecule has 0 spiro atoms. The van der Waals surface area contributed by atoms with E-state index in [2.05, 4.69) is 11.9 Å². The number of anilines is 1. The number of rotatable bonds is 2. The summed E-state index contributed by atoms with van der Waals surface area (Å²) in [6, 6.07) is 3.86. The molecule has 0 saturated carbocycles. The van der Waals surface area contributed by atoms with Crippen LogP contribution >= 0.6 is 0 Å². The maximum Gasteiger partial charge on any atom is 0.416 e. The van der Waals surface area contributed by atoms with Gasteiger partial charge < -0.3 is 9.47 Å². The maximum absolute atomic E-state index is 12.4. The zero-order valence-corrected chi connectivity index (χ0v) is 13.3. The van der Waals surface area contributed by atoms with E-state index < -0.39 is 5.60 Å². The first-order valence-corrected chi connectivity index (χ1v) is 7.54. The monoisotopic (exact) mass is 292 g/mol. The highest BCUT2D eigenvalue weighted by Crippen LogP contribution is 2.30. The van der Waals surface area contributed by atoms with E-state index in [1.807, 2.05) is 32.9 Å². The Kier molecular flexibility index (Phi) is 4.70. The second-order valence-corrected chi connectivity index (χ2v) is 6.21. The lowest BCUT2D eigenvalue weighted by Gasteiger charge is -2.26. The average molecular weight is 292 g/mol. The quantitative estimate of drug-likeness (QED) is 0.836. The van der Waals surface area contributed by atoms with Crippen LogP contribution in [0.4, 0.5) is 10.6 Å². The van der Waals surface area contributed by atoms with Gasteiger partial charge in [0.15, 0.2) is 11.6 Å². The van der Waals surface area contributed by atoms with Gasteiger partial charge in [-0.1, -0.05) is 13.3 Å². The Labute approximate surface area is 126 Å². The molecule has 0 bridgehead atoms. The van der Waals surface area contributed by atoms with Crippen molar-refractivity contribution in [3.8, 4) is 5.75 Å². The van der Waals surface area contributed by atoms with Gasteiger partial charge in [-0.15, -0.1) is 0 Å². The Morgan fingerprint density at radius 3 is 2.86 bits per heavy atom. The predicted octanol–water partition coefficient (Wildman–Crippen LogP) is 3.56. The minimum Gasteiger partial charge on any atom is -0.490 e.